The number of H-pyrrole nitrogens is 1. The molecular weight excluding hydrogens is 347 g/mol. The van der Waals surface area contributed by atoms with Gasteiger partial charge in [0.25, 0.3) is 5.56 Å². The number of aromatic amines is 1. The second kappa shape index (κ2) is 5.47. The SMILES string of the molecule is N#Cc1c(CCC(Cl)(Cl)Cl)[nH]n2c(=O)c3ccccc3nc12. The van der Waals surface area contributed by atoms with Crippen molar-refractivity contribution in [3.63, 3.8) is 0 Å². The summed E-state index contributed by atoms with van der Waals surface area (Å²) in [5, 5.41) is 12.7. The summed E-state index contributed by atoms with van der Waals surface area (Å²) in [6.07, 6.45) is 0.534. The number of alkyl halides is 3. The topological polar surface area (TPSA) is 73.9 Å². The maximum absolute atomic E-state index is 12.5. The molecule has 3 aromatic rings. The lowest BCUT2D eigenvalue weighted by Gasteiger charge is -2.08. The predicted molar refractivity (Wildman–Crippen MR) is 86.6 cm³/mol. The van der Waals surface area contributed by atoms with Gasteiger partial charge in [-0.2, -0.15) is 9.78 Å². The number of nitrogens with one attached hydrogen (secondary N) is 1. The highest BCUT2D eigenvalue weighted by atomic mass is 35.6. The van der Waals surface area contributed by atoms with Crippen LogP contribution in [-0.4, -0.2) is 18.4 Å². The van der Waals surface area contributed by atoms with Gasteiger partial charge >= 0.3 is 0 Å². The van der Waals surface area contributed by atoms with E-state index in [2.05, 4.69) is 16.2 Å². The van der Waals surface area contributed by atoms with Gasteiger partial charge in [0, 0.05) is 0 Å². The largest absolute Gasteiger partial charge is 0.292 e. The van der Waals surface area contributed by atoms with Crippen molar-refractivity contribution in [1.82, 2.24) is 14.6 Å². The number of aryl methyl sites for hydroxylation is 1. The van der Waals surface area contributed by atoms with Crippen molar-refractivity contribution in [2.45, 2.75) is 16.6 Å². The van der Waals surface area contributed by atoms with Crippen LogP contribution in [-0.2, 0) is 6.42 Å². The van der Waals surface area contributed by atoms with E-state index in [1.54, 1.807) is 24.3 Å². The average molecular weight is 356 g/mol. The summed E-state index contributed by atoms with van der Waals surface area (Å²) in [6.45, 7) is 0. The Balaban J connectivity index is 2.24. The Morgan fingerprint density at radius 1 is 1.32 bits per heavy atom. The monoisotopic (exact) mass is 354 g/mol. The summed E-state index contributed by atoms with van der Waals surface area (Å²) in [4.78, 5) is 16.9. The molecule has 3 rings (SSSR count). The van der Waals surface area contributed by atoms with E-state index in [0.717, 1.165) is 0 Å². The van der Waals surface area contributed by atoms with Crippen LogP contribution >= 0.6 is 34.8 Å². The molecule has 0 fully saturated rings. The van der Waals surface area contributed by atoms with Crippen molar-refractivity contribution in [1.29, 1.82) is 5.26 Å². The van der Waals surface area contributed by atoms with Gasteiger partial charge in [-0.05, 0) is 25.0 Å². The maximum atomic E-state index is 12.5. The maximum Gasteiger partial charge on any atom is 0.280 e. The van der Waals surface area contributed by atoms with Crippen LogP contribution in [0.25, 0.3) is 16.6 Å². The fourth-order valence-electron chi connectivity index (χ4n) is 2.30. The Hall–Kier alpha value is -1.74. The van der Waals surface area contributed by atoms with Crippen LogP contribution in [0.5, 0.6) is 0 Å². The third-order valence-electron chi connectivity index (χ3n) is 3.32. The number of rotatable bonds is 2. The van der Waals surface area contributed by atoms with E-state index >= 15 is 0 Å². The van der Waals surface area contributed by atoms with Gasteiger partial charge in [-0.3, -0.25) is 9.89 Å². The van der Waals surface area contributed by atoms with E-state index in [1.165, 1.54) is 4.52 Å². The molecule has 0 aliphatic heterocycles. The summed E-state index contributed by atoms with van der Waals surface area (Å²) in [6, 6.07) is 9.02. The summed E-state index contributed by atoms with van der Waals surface area (Å²) in [7, 11) is 0. The normalized spacial score (nSPS) is 11.9. The van der Waals surface area contributed by atoms with Gasteiger partial charge in [0.2, 0.25) is 0 Å². The number of nitrogens with zero attached hydrogens (tertiary/aromatic N) is 3. The first-order chi connectivity index (χ1) is 10.4. The van der Waals surface area contributed by atoms with Gasteiger partial charge in [0.05, 0.1) is 16.6 Å². The Kier molecular flexibility index (Phi) is 3.77. The molecule has 112 valence electrons. The van der Waals surface area contributed by atoms with Crippen LogP contribution in [0, 0.1) is 11.3 Å². The standard InChI is InChI=1S/C14H9Cl3N4O/c15-14(16,17)6-5-11-9(7-18)12-19-10-4-2-1-3-8(10)13(22)21(12)20-11/h1-4,20H,5-6H2. The predicted octanol–water partition coefficient (Wildman–Crippen LogP) is 3.35. The minimum absolute atomic E-state index is 0.216. The van der Waals surface area contributed by atoms with Gasteiger partial charge < -0.3 is 0 Å². The summed E-state index contributed by atoms with van der Waals surface area (Å²) in [5.41, 5.74) is 1.37. The second-order valence-corrected chi connectivity index (χ2v) is 7.30. The van der Waals surface area contributed by atoms with Crippen molar-refractivity contribution >= 4 is 51.4 Å². The molecule has 0 saturated carbocycles. The van der Waals surface area contributed by atoms with E-state index < -0.39 is 3.79 Å². The van der Waals surface area contributed by atoms with Crippen LogP contribution in [0.4, 0.5) is 0 Å². The Bertz CT molecular complexity index is 962. The van der Waals surface area contributed by atoms with E-state index in [0.29, 0.717) is 23.0 Å². The van der Waals surface area contributed by atoms with E-state index in [-0.39, 0.29) is 23.2 Å². The number of halogens is 3. The molecule has 1 aromatic carbocycles. The minimum Gasteiger partial charge on any atom is -0.292 e. The van der Waals surface area contributed by atoms with Crippen molar-refractivity contribution in [3.8, 4) is 6.07 Å². The second-order valence-electron chi connectivity index (χ2n) is 4.79. The molecule has 5 nitrogen and oxygen atoms in total. The zero-order valence-electron chi connectivity index (χ0n) is 11.1. The summed E-state index contributed by atoms with van der Waals surface area (Å²) >= 11 is 17.2. The molecule has 2 heterocycles. The van der Waals surface area contributed by atoms with E-state index in [4.69, 9.17) is 34.8 Å². The molecule has 1 N–H and O–H groups in total. The molecule has 0 aliphatic carbocycles. The van der Waals surface area contributed by atoms with Crippen molar-refractivity contribution < 1.29 is 0 Å². The highest BCUT2D eigenvalue weighted by molar-refractivity contribution is 6.67. The third kappa shape index (κ3) is 2.66. The molecule has 0 saturated heterocycles. The van der Waals surface area contributed by atoms with Crippen LogP contribution in [0.1, 0.15) is 17.7 Å². The summed E-state index contributed by atoms with van der Waals surface area (Å²) < 4.78 is -0.165. The zero-order chi connectivity index (χ0) is 15.9. The molecule has 0 radical (unpaired) electrons. The molecule has 22 heavy (non-hydrogen) atoms. The molecule has 0 aliphatic rings. The van der Waals surface area contributed by atoms with Crippen molar-refractivity contribution in [2.75, 3.05) is 0 Å². The first-order valence-corrected chi connectivity index (χ1v) is 7.53. The van der Waals surface area contributed by atoms with Crippen LogP contribution in [0.15, 0.2) is 29.1 Å². The molecule has 0 bridgehead atoms. The van der Waals surface area contributed by atoms with Gasteiger partial charge in [-0.25, -0.2) is 4.98 Å². The number of hydrogen-bond donors (Lipinski definition) is 1. The Morgan fingerprint density at radius 2 is 2.05 bits per heavy atom. The molecule has 0 unspecified atom stereocenters. The lowest BCUT2D eigenvalue weighted by atomic mass is 10.1. The molecule has 2 aromatic heterocycles. The number of benzene rings is 1. The van der Waals surface area contributed by atoms with Crippen LogP contribution < -0.4 is 5.56 Å². The van der Waals surface area contributed by atoms with Gasteiger partial charge in [-0.1, -0.05) is 46.9 Å². The number of hydrogen-bond acceptors (Lipinski definition) is 3. The molecule has 8 heteroatoms. The number of nitriles is 1. The number of aromatic nitrogens is 3. The highest BCUT2D eigenvalue weighted by Gasteiger charge is 2.22. The fourth-order valence-corrected chi connectivity index (χ4v) is 2.58. The lowest BCUT2D eigenvalue weighted by Crippen LogP contribution is -2.15. The summed E-state index contributed by atoms with van der Waals surface area (Å²) in [5.74, 6) is 0. The molecule has 0 atom stereocenters. The third-order valence-corrected chi connectivity index (χ3v) is 3.89. The van der Waals surface area contributed by atoms with Gasteiger partial charge in [0.1, 0.15) is 11.6 Å². The quantitative estimate of drug-likeness (QED) is 0.716. The Morgan fingerprint density at radius 3 is 2.73 bits per heavy atom. The first kappa shape index (κ1) is 15.2. The average Bonchev–Trinajstić information content (AvgIpc) is 2.82. The van der Waals surface area contributed by atoms with Crippen molar-refractivity contribution in [3.05, 3.63) is 45.9 Å². The zero-order valence-corrected chi connectivity index (χ0v) is 13.4. The minimum atomic E-state index is -1.42. The number of fused-ring (bicyclic) bond motifs is 2. The fraction of sp³-hybridized carbons (Fsp3) is 0.214. The molecule has 0 spiro atoms. The molecule has 0 amide bonds. The Labute approximate surface area is 140 Å². The smallest absolute Gasteiger partial charge is 0.280 e. The lowest BCUT2D eigenvalue weighted by molar-refractivity contribution is 0.791. The van der Waals surface area contributed by atoms with Gasteiger partial charge in [0.15, 0.2) is 9.44 Å². The van der Waals surface area contributed by atoms with Gasteiger partial charge in [-0.15, -0.1) is 0 Å². The molecular formula is C14H9Cl3N4O. The van der Waals surface area contributed by atoms with Crippen LogP contribution in [0.2, 0.25) is 0 Å². The first-order valence-electron chi connectivity index (χ1n) is 6.40. The van der Waals surface area contributed by atoms with Crippen molar-refractivity contribution in [2.24, 2.45) is 0 Å². The van der Waals surface area contributed by atoms with Crippen LogP contribution in [0.3, 0.4) is 0 Å². The highest BCUT2D eigenvalue weighted by Crippen LogP contribution is 2.31. The number of para-hydroxylation sites is 1. The van der Waals surface area contributed by atoms with E-state index in [1.807, 2.05) is 0 Å². The van der Waals surface area contributed by atoms with E-state index in [9.17, 15) is 10.1 Å².